The quantitative estimate of drug-likeness (QED) is 0.829. The fourth-order valence-corrected chi connectivity index (χ4v) is 2.04. The summed E-state index contributed by atoms with van der Waals surface area (Å²) in [4.78, 5) is 6.72. The number of anilines is 1. The molecular weight excluding hydrogens is 238 g/mol. The summed E-state index contributed by atoms with van der Waals surface area (Å²) >= 11 is 0. The number of pyridine rings is 1. The van der Waals surface area contributed by atoms with E-state index in [1.807, 2.05) is 24.4 Å². The predicted octanol–water partition coefficient (Wildman–Crippen LogP) is 3.13. The van der Waals surface area contributed by atoms with Crippen LogP contribution >= 0.6 is 0 Å². The lowest BCUT2D eigenvalue weighted by Gasteiger charge is -2.20. The summed E-state index contributed by atoms with van der Waals surface area (Å²) in [5.41, 5.74) is 1.22. The van der Waals surface area contributed by atoms with Gasteiger partial charge >= 0.3 is 0 Å². The average Bonchev–Trinajstić information content (AvgIpc) is 2.93. The number of aromatic nitrogens is 1. The maximum Gasteiger partial charge on any atom is 0.130 e. The molecule has 0 spiro atoms. The van der Waals surface area contributed by atoms with Crippen molar-refractivity contribution in [2.75, 3.05) is 18.4 Å². The van der Waals surface area contributed by atoms with E-state index in [1.165, 1.54) is 5.56 Å². The van der Waals surface area contributed by atoms with Crippen LogP contribution in [0.2, 0.25) is 0 Å². The zero-order chi connectivity index (χ0) is 13.5. The maximum absolute atomic E-state index is 5.41. The highest BCUT2D eigenvalue weighted by Crippen LogP contribution is 2.16. The maximum atomic E-state index is 5.41. The van der Waals surface area contributed by atoms with E-state index in [9.17, 15) is 0 Å². The molecule has 4 heteroatoms. The second-order valence-electron chi connectivity index (χ2n) is 4.42. The van der Waals surface area contributed by atoms with Gasteiger partial charge in [0.15, 0.2) is 0 Å². The Labute approximate surface area is 114 Å². The molecule has 2 aromatic rings. The number of rotatable bonds is 7. The smallest absolute Gasteiger partial charge is 0.130 e. The van der Waals surface area contributed by atoms with Crippen molar-refractivity contribution in [1.29, 1.82) is 0 Å². The molecule has 2 aromatic heterocycles. The van der Waals surface area contributed by atoms with Gasteiger partial charge in [0.25, 0.3) is 0 Å². The molecule has 2 heterocycles. The Bertz CT molecular complexity index is 482. The third kappa shape index (κ3) is 3.83. The molecule has 0 aliphatic rings. The van der Waals surface area contributed by atoms with Crippen LogP contribution in [0, 0.1) is 0 Å². The number of nitrogens with one attached hydrogen (secondary N) is 1. The SMILES string of the molecule is CCNc1ncccc1CN(CC)Cc1ccco1. The molecule has 0 unspecified atom stereocenters. The summed E-state index contributed by atoms with van der Waals surface area (Å²) in [5.74, 6) is 1.97. The van der Waals surface area contributed by atoms with Gasteiger partial charge in [0, 0.05) is 24.8 Å². The minimum Gasteiger partial charge on any atom is -0.468 e. The molecule has 0 saturated carbocycles. The number of furan rings is 1. The molecule has 1 N–H and O–H groups in total. The topological polar surface area (TPSA) is 41.3 Å². The zero-order valence-corrected chi connectivity index (χ0v) is 11.6. The minimum atomic E-state index is 0.823. The third-order valence-electron chi connectivity index (χ3n) is 3.04. The first-order valence-corrected chi connectivity index (χ1v) is 6.76. The van der Waals surface area contributed by atoms with Gasteiger partial charge in [0.05, 0.1) is 12.8 Å². The Morgan fingerprint density at radius 1 is 1.21 bits per heavy atom. The normalized spacial score (nSPS) is 10.9. The highest BCUT2D eigenvalue weighted by Gasteiger charge is 2.10. The largest absolute Gasteiger partial charge is 0.468 e. The number of hydrogen-bond donors (Lipinski definition) is 1. The molecule has 0 saturated heterocycles. The lowest BCUT2D eigenvalue weighted by atomic mass is 10.2. The molecule has 102 valence electrons. The Morgan fingerprint density at radius 3 is 2.79 bits per heavy atom. The molecule has 0 radical (unpaired) electrons. The second-order valence-corrected chi connectivity index (χ2v) is 4.42. The number of nitrogens with zero attached hydrogens (tertiary/aromatic N) is 2. The van der Waals surface area contributed by atoms with E-state index >= 15 is 0 Å². The standard InChI is InChI=1S/C15H21N3O/c1-3-16-15-13(7-5-9-17-15)11-18(4-2)12-14-8-6-10-19-14/h5-10H,3-4,11-12H2,1-2H3,(H,16,17). The van der Waals surface area contributed by atoms with Gasteiger partial charge < -0.3 is 9.73 Å². The Kier molecular flexibility index (Phi) is 4.98. The summed E-state index contributed by atoms with van der Waals surface area (Å²) in [7, 11) is 0. The predicted molar refractivity (Wildman–Crippen MR) is 76.9 cm³/mol. The molecule has 0 atom stereocenters. The number of hydrogen-bond acceptors (Lipinski definition) is 4. The second kappa shape index (κ2) is 6.95. The molecule has 0 bridgehead atoms. The van der Waals surface area contributed by atoms with Gasteiger partial charge in [-0.3, -0.25) is 4.90 Å². The van der Waals surface area contributed by atoms with Crippen molar-refractivity contribution < 1.29 is 4.42 Å². The molecule has 0 fully saturated rings. The van der Waals surface area contributed by atoms with Crippen LogP contribution in [0.15, 0.2) is 41.1 Å². The monoisotopic (exact) mass is 259 g/mol. The van der Waals surface area contributed by atoms with Crippen LogP contribution in [0.1, 0.15) is 25.2 Å². The van der Waals surface area contributed by atoms with Crippen LogP contribution < -0.4 is 5.32 Å². The van der Waals surface area contributed by atoms with E-state index in [0.717, 1.165) is 37.8 Å². The van der Waals surface area contributed by atoms with Crippen LogP contribution in [-0.2, 0) is 13.1 Å². The van der Waals surface area contributed by atoms with Gasteiger partial charge in [-0.25, -0.2) is 4.98 Å². The molecule has 0 aliphatic heterocycles. The van der Waals surface area contributed by atoms with Gasteiger partial charge in [0.1, 0.15) is 11.6 Å². The fraction of sp³-hybridized carbons (Fsp3) is 0.400. The molecule has 2 rings (SSSR count). The van der Waals surface area contributed by atoms with E-state index in [-0.39, 0.29) is 0 Å². The van der Waals surface area contributed by atoms with Crippen molar-refractivity contribution in [3.05, 3.63) is 48.0 Å². The summed E-state index contributed by atoms with van der Waals surface area (Å²) in [5, 5.41) is 3.30. The van der Waals surface area contributed by atoms with Gasteiger partial charge in [-0.05, 0) is 31.7 Å². The van der Waals surface area contributed by atoms with Crippen molar-refractivity contribution in [3.8, 4) is 0 Å². The van der Waals surface area contributed by atoms with Crippen molar-refractivity contribution in [2.24, 2.45) is 0 Å². The van der Waals surface area contributed by atoms with Gasteiger partial charge in [-0.15, -0.1) is 0 Å². The first-order chi connectivity index (χ1) is 9.33. The van der Waals surface area contributed by atoms with Crippen molar-refractivity contribution in [3.63, 3.8) is 0 Å². The van der Waals surface area contributed by atoms with E-state index in [2.05, 4.69) is 35.1 Å². The molecule has 4 nitrogen and oxygen atoms in total. The van der Waals surface area contributed by atoms with Crippen molar-refractivity contribution in [2.45, 2.75) is 26.9 Å². The van der Waals surface area contributed by atoms with E-state index in [1.54, 1.807) is 6.26 Å². The van der Waals surface area contributed by atoms with Gasteiger partial charge in [-0.1, -0.05) is 13.0 Å². The van der Waals surface area contributed by atoms with Crippen molar-refractivity contribution >= 4 is 5.82 Å². The first-order valence-electron chi connectivity index (χ1n) is 6.76. The molecular formula is C15H21N3O. The Hall–Kier alpha value is -1.81. The Morgan fingerprint density at radius 2 is 2.11 bits per heavy atom. The van der Waals surface area contributed by atoms with E-state index in [0.29, 0.717) is 0 Å². The molecule has 0 aromatic carbocycles. The molecule has 19 heavy (non-hydrogen) atoms. The van der Waals surface area contributed by atoms with Crippen LogP contribution in [0.25, 0.3) is 0 Å². The average molecular weight is 259 g/mol. The lowest BCUT2D eigenvalue weighted by Crippen LogP contribution is -2.23. The van der Waals surface area contributed by atoms with Crippen LogP contribution in [0.5, 0.6) is 0 Å². The van der Waals surface area contributed by atoms with Crippen LogP contribution in [0.4, 0.5) is 5.82 Å². The van der Waals surface area contributed by atoms with Crippen LogP contribution in [0.3, 0.4) is 0 Å². The highest BCUT2D eigenvalue weighted by atomic mass is 16.3. The molecule has 0 amide bonds. The zero-order valence-electron chi connectivity index (χ0n) is 11.6. The summed E-state index contributed by atoms with van der Waals surface area (Å²) < 4.78 is 5.41. The van der Waals surface area contributed by atoms with Gasteiger partial charge in [0.2, 0.25) is 0 Å². The Balaban J connectivity index is 2.05. The minimum absolute atomic E-state index is 0.823. The molecule has 0 aliphatic carbocycles. The summed E-state index contributed by atoms with van der Waals surface area (Å²) in [6.07, 6.45) is 3.54. The first kappa shape index (κ1) is 13.6. The third-order valence-corrected chi connectivity index (χ3v) is 3.04. The summed E-state index contributed by atoms with van der Waals surface area (Å²) in [6.45, 7) is 7.79. The summed E-state index contributed by atoms with van der Waals surface area (Å²) in [6, 6.07) is 8.04. The highest BCUT2D eigenvalue weighted by molar-refractivity contribution is 5.43. The lowest BCUT2D eigenvalue weighted by molar-refractivity contribution is 0.248. The van der Waals surface area contributed by atoms with E-state index in [4.69, 9.17) is 4.42 Å². The fourth-order valence-electron chi connectivity index (χ4n) is 2.04. The van der Waals surface area contributed by atoms with E-state index < -0.39 is 0 Å². The van der Waals surface area contributed by atoms with Crippen LogP contribution in [-0.4, -0.2) is 23.0 Å². The van der Waals surface area contributed by atoms with Crippen molar-refractivity contribution in [1.82, 2.24) is 9.88 Å². The van der Waals surface area contributed by atoms with Gasteiger partial charge in [-0.2, -0.15) is 0 Å².